The van der Waals surface area contributed by atoms with Crippen molar-refractivity contribution in [3.63, 3.8) is 0 Å². The summed E-state index contributed by atoms with van der Waals surface area (Å²) < 4.78 is 5.42. The smallest absolute Gasteiger partial charge is 0.124 e. The van der Waals surface area contributed by atoms with Gasteiger partial charge in [0.1, 0.15) is 5.75 Å². The number of methoxy groups -OCH3 is 1. The largest absolute Gasteiger partial charge is 0.496 e. The lowest BCUT2D eigenvalue weighted by Gasteiger charge is -2.28. The van der Waals surface area contributed by atoms with Gasteiger partial charge in [-0.3, -0.25) is 0 Å². The van der Waals surface area contributed by atoms with Gasteiger partial charge in [0.05, 0.1) is 7.11 Å². The summed E-state index contributed by atoms with van der Waals surface area (Å²) in [4.78, 5) is 0. The monoisotopic (exact) mass is 239 g/mol. The Balaban J connectivity index is 2.56. The molecular formula is C13H18ClNO. The summed E-state index contributed by atoms with van der Waals surface area (Å²) in [5, 5.41) is 0.771. The molecule has 0 atom stereocenters. The van der Waals surface area contributed by atoms with Crippen molar-refractivity contribution in [2.24, 2.45) is 5.73 Å². The number of ether oxygens (including phenoxy) is 1. The molecule has 0 amide bonds. The van der Waals surface area contributed by atoms with Gasteiger partial charge in [-0.15, -0.1) is 0 Å². The number of halogens is 1. The van der Waals surface area contributed by atoms with E-state index < -0.39 is 0 Å². The Morgan fingerprint density at radius 1 is 1.31 bits per heavy atom. The molecule has 0 heterocycles. The van der Waals surface area contributed by atoms with Crippen LogP contribution >= 0.6 is 11.6 Å². The van der Waals surface area contributed by atoms with Gasteiger partial charge < -0.3 is 10.5 Å². The first-order chi connectivity index (χ1) is 7.58. The first-order valence-electron chi connectivity index (χ1n) is 5.71. The van der Waals surface area contributed by atoms with E-state index in [1.165, 1.54) is 12.8 Å². The predicted molar refractivity (Wildman–Crippen MR) is 67.1 cm³/mol. The van der Waals surface area contributed by atoms with Gasteiger partial charge in [-0.05, 0) is 37.5 Å². The fourth-order valence-electron chi connectivity index (χ4n) is 2.71. The molecule has 1 aliphatic carbocycles. The van der Waals surface area contributed by atoms with Crippen molar-refractivity contribution in [2.75, 3.05) is 7.11 Å². The highest BCUT2D eigenvalue weighted by molar-refractivity contribution is 6.31. The summed E-state index contributed by atoms with van der Waals surface area (Å²) >= 11 is 6.17. The topological polar surface area (TPSA) is 35.2 Å². The lowest BCUT2D eigenvalue weighted by molar-refractivity contribution is 0.378. The van der Waals surface area contributed by atoms with E-state index in [-0.39, 0.29) is 5.54 Å². The molecule has 1 saturated carbocycles. The summed E-state index contributed by atoms with van der Waals surface area (Å²) in [5.74, 6) is 0.867. The molecular weight excluding hydrogens is 222 g/mol. The minimum atomic E-state index is -0.250. The van der Waals surface area contributed by atoms with E-state index >= 15 is 0 Å². The number of rotatable bonds is 2. The van der Waals surface area contributed by atoms with Gasteiger partial charge in [-0.25, -0.2) is 0 Å². The zero-order valence-electron chi connectivity index (χ0n) is 9.85. The van der Waals surface area contributed by atoms with Crippen LogP contribution in [0.4, 0.5) is 0 Å². The van der Waals surface area contributed by atoms with Crippen molar-refractivity contribution in [2.45, 2.75) is 38.1 Å². The summed E-state index contributed by atoms with van der Waals surface area (Å²) in [6.45, 7) is 2.02. The second kappa shape index (κ2) is 4.27. The maximum Gasteiger partial charge on any atom is 0.124 e. The molecule has 3 heteroatoms. The molecule has 0 radical (unpaired) electrons. The lowest BCUT2D eigenvalue weighted by atomic mass is 9.85. The fraction of sp³-hybridized carbons (Fsp3) is 0.538. The van der Waals surface area contributed by atoms with Crippen LogP contribution in [0.15, 0.2) is 12.1 Å². The van der Waals surface area contributed by atoms with Crippen molar-refractivity contribution in [1.29, 1.82) is 0 Å². The van der Waals surface area contributed by atoms with Crippen molar-refractivity contribution >= 4 is 11.6 Å². The second-order valence-corrected chi connectivity index (χ2v) is 5.02. The molecule has 88 valence electrons. The van der Waals surface area contributed by atoms with Crippen molar-refractivity contribution in [3.8, 4) is 5.75 Å². The Morgan fingerprint density at radius 3 is 2.50 bits per heavy atom. The van der Waals surface area contributed by atoms with E-state index in [4.69, 9.17) is 22.1 Å². The highest BCUT2D eigenvalue weighted by atomic mass is 35.5. The Morgan fingerprint density at radius 2 is 1.94 bits per heavy atom. The van der Waals surface area contributed by atoms with Gasteiger partial charge >= 0.3 is 0 Å². The third kappa shape index (κ3) is 1.80. The fourth-order valence-corrected chi connectivity index (χ4v) is 2.86. The quantitative estimate of drug-likeness (QED) is 0.859. The molecule has 0 saturated heterocycles. The molecule has 16 heavy (non-hydrogen) atoms. The third-order valence-electron chi connectivity index (χ3n) is 3.57. The van der Waals surface area contributed by atoms with Gasteiger partial charge in [-0.1, -0.05) is 24.4 Å². The van der Waals surface area contributed by atoms with Crippen LogP contribution in [0.2, 0.25) is 5.02 Å². The molecule has 1 aromatic rings. The molecule has 0 unspecified atom stereocenters. The zero-order chi connectivity index (χ0) is 11.8. The molecule has 2 rings (SSSR count). The van der Waals surface area contributed by atoms with E-state index in [0.717, 1.165) is 34.7 Å². The van der Waals surface area contributed by atoms with Crippen molar-refractivity contribution < 1.29 is 4.74 Å². The number of hydrogen-bond acceptors (Lipinski definition) is 2. The summed E-state index contributed by atoms with van der Waals surface area (Å²) in [5.41, 5.74) is 8.40. The van der Waals surface area contributed by atoms with Crippen LogP contribution in [0.5, 0.6) is 5.75 Å². The van der Waals surface area contributed by atoms with E-state index in [9.17, 15) is 0 Å². The summed E-state index contributed by atoms with van der Waals surface area (Å²) in [6.07, 6.45) is 4.41. The molecule has 0 aromatic heterocycles. The standard InChI is InChI=1S/C13H18ClNO/c1-9-10(14)5-6-11(16-2)12(9)13(15)7-3-4-8-13/h5-6H,3-4,7-8,15H2,1-2H3. The van der Waals surface area contributed by atoms with Crippen LogP contribution in [0.25, 0.3) is 0 Å². The second-order valence-electron chi connectivity index (χ2n) is 4.61. The maximum absolute atomic E-state index is 6.49. The van der Waals surface area contributed by atoms with E-state index in [0.29, 0.717) is 0 Å². The van der Waals surface area contributed by atoms with Gasteiger partial charge in [0, 0.05) is 16.1 Å². The molecule has 0 spiro atoms. The summed E-state index contributed by atoms with van der Waals surface area (Å²) in [7, 11) is 1.69. The minimum absolute atomic E-state index is 0.250. The Bertz CT molecular complexity index is 397. The van der Waals surface area contributed by atoms with Crippen molar-refractivity contribution in [1.82, 2.24) is 0 Å². The minimum Gasteiger partial charge on any atom is -0.496 e. The predicted octanol–water partition coefficient (Wildman–Crippen LogP) is 3.39. The normalized spacial score (nSPS) is 18.8. The first kappa shape index (κ1) is 11.7. The molecule has 2 nitrogen and oxygen atoms in total. The molecule has 1 aliphatic rings. The highest BCUT2D eigenvalue weighted by Gasteiger charge is 2.35. The third-order valence-corrected chi connectivity index (χ3v) is 3.98. The van der Waals surface area contributed by atoms with Gasteiger partial charge in [0.15, 0.2) is 0 Å². The average Bonchev–Trinajstić information content (AvgIpc) is 2.69. The Labute approximate surface area is 102 Å². The van der Waals surface area contributed by atoms with Gasteiger partial charge in [-0.2, -0.15) is 0 Å². The van der Waals surface area contributed by atoms with Crippen LogP contribution in [-0.2, 0) is 5.54 Å². The van der Waals surface area contributed by atoms with Gasteiger partial charge in [0.2, 0.25) is 0 Å². The van der Waals surface area contributed by atoms with Crippen LogP contribution < -0.4 is 10.5 Å². The molecule has 0 aliphatic heterocycles. The molecule has 1 aromatic carbocycles. The van der Waals surface area contributed by atoms with E-state index in [1.807, 2.05) is 19.1 Å². The number of nitrogens with two attached hydrogens (primary N) is 1. The highest BCUT2D eigenvalue weighted by Crippen LogP contribution is 2.43. The SMILES string of the molecule is COc1ccc(Cl)c(C)c1C1(N)CCCC1. The van der Waals surface area contributed by atoms with Crippen LogP contribution in [0.1, 0.15) is 36.8 Å². The van der Waals surface area contributed by atoms with Crippen LogP contribution in [-0.4, -0.2) is 7.11 Å². The molecule has 2 N–H and O–H groups in total. The Hall–Kier alpha value is -0.730. The van der Waals surface area contributed by atoms with Gasteiger partial charge in [0.25, 0.3) is 0 Å². The summed E-state index contributed by atoms with van der Waals surface area (Å²) in [6, 6.07) is 3.79. The zero-order valence-corrected chi connectivity index (χ0v) is 10.6. The maximum atomic E-state index is 6.49. The van der Waals surface area contributed by atoms with Crippen LogP contribution in [0.3, 0.4) is 0 Å². The molecule has 1 fully saturated rings. The van der Waals surface area contributed by atoms with Crippen LogP contribution in [0, 0.1) is 6.92 Å². The van der Waals surface area contributed by atoms with E-state index in [1.54, 1.807) is 7.11 Å². The lowest BCUT2D eigenvalue weighted by Crippen LogP contribution is -2.34. The first-order valence-corrected chi connectivity index (χ1v) is 6.09. The Kier molecular flexibility index (Phi) is 3.13. The number of benzene rings is 1. The van der Waals surface area contributed by atoms with E-state index in [2.05, 4.69) is 0 Å². The number of hydrogen-bond donors (Lipinski definition) is 1. The van der Waals surface area contributed by atoms with Crippen molar-refractivity contribution in [3.05, 3.63) is 28.3 Å². The molecule has 0 bridgehead atoms. The average molecular weight is 240 g/mol.